The topological polar surface area (TPSA) is 131 Å². The zero-order valence-corrected chi connectivity index (χ0v) is 14.1. The normalized spacial score (nSPS) is 11.6. The molecule has 1 heterocycles. The minimum atomic E-state index is -4.28. The number of aryl methyl sites for hydroxylation is 1. The molecular formula is C16H16N4O4S. The summed E-state index contributed by atoms with van der Waals surface area (Å²) in [6.07, 6.45) is 0. The Hall–Kier alpha value is -2.91. The Kier molecular flexibility index (Phi) is 4.19. The van der Waals surface area contributed by atoms with Crippen LogP contribution in [0.4, 0.5) is 0 Å². The molecule has 25 heavy (non-hydrogen) atoms. The number of imidazole rings is 1. The molecule has 0 radical (unpaired) electrons. The van der Waals surface area contributed by atoms with Crippen LogP contribution >= 0.6 is 0 Å². The molecule has 0 bridgehead atoms. The van der Waals surface area contributed by atoms with Crippen LogP contribution in [0.1, 0.15) is 11.4 Å². The molecule has 9 heteroatoms. The number of hydrogen-bond donors (Lipinski definition) is 3. The van der Waals surface area contributed by atoms with Gasteiger partial charge in [0.2, 0.25) is 0 Å². The van der Waals surface area contributed by atoms with E-state index in [4.69, 9.17) is 20.4 Å². The van der Waals surface area contributed by atoms with Crippen LogP contribution in [0.5, 0.6) is 5.75 Å². The van der Waals surface area contributed by atoms with Gasteiger partial charge in [-0.3, -0.25) is 9.96 Å². The molecule has 3 aromatic rings. The summed E-state index contributed by atoms with van der Waals surface area (Å²) >= 11 is 0. The highest BCUT2D eigenvalue weighted by atomic mass is 32.2. The number of benzene rings is 2. The number of nitrogens with zero attached hydrogens (tertiary/aromatic N) is 2. The average Bonchev–Trinajstić information content (AvgIpc) is 2.88. The van der Waals surface area contributed by atoms with Gasteiger partial charge in [-0.05, 0) is 30.3 Å². The Balaban J connectivity index is 1.88. The van der Waals surface area contributed by atoms with E-state index in [1.807, 2.05) is 0 Å². The molecule has 0 unspecified atom stereocenters. The summed E-state index contributed by atoms with van der Waals surface area (Å²) in [5, 5.41) is 7.44. The first-order valence-electron chi connectivity index (χ1n) is 7.26. The minimum absolute atomic E-state index is 0.0501. The van der Waals surface area contributed by atoms with E-state index in [1.54, 1.807) is 41.9 Å². The number of hydrogen-bond acceptors (Lipinski definition) is 5. The molecule has 0 spiro atoms. The number of amidine groups is 1. The van der Waals surface area contributed by atoms with Gasteiger partial charge in [0.15, 0.2) is 0 Å². The first-order chi connectivity index (χ1) is 11.8. The fourth-order valence-electron chi connectivity index (χ4n) is 2.42. The molecule has 0 aliphatic heterocycles. The quantitative estimate of drug-likeness (QED) is 0.360. The van der Waals surface area contributed by atoms with Crippen molar-refractivity contribution in [2.24, 2.45) is 12.8 Å². The first kappa shape index (κ1) is 16.9. The Labute approximate surface area is 144 Å². The van der Waals surface area contributed by atoms with E-state index in [1.165, 1.54) is 12.1 Å². The Morgan fingerprint density at radius 2 is 2.08 bits per heavy atom. The molecule has 0 fully saturated rings. The number of ether oxygens (including phenoxy) is 1. The van der Waals surface area contributed by atoms with Crippen LogP contribution in [0.15, 0.2) is 47.4 Å². The van der Waals surface area contributed by atoms with Crippen molar-refractivity contribution in [1.82, 2.24) is 9.55 Å². The number of nitrogens with two attached hydrogens (primary N) is 1. The van der Waals surface area contributed by atoms with Crippen molar-refractivity contribution in [3.05, 3.63) is 53.9 Å². The predicted molar refractivity (Wildman–Crippen MR) is 92.3 cm³/mol. The molecule has 3 rings (SSSR count). The van der Waals surface area contributed by atoms with Crippen LogP contribution in [0.2, 0.25) is 0 Å². The molecule has 0 atom stereocenters. The van der Waals surface area contributed by atoms with Gasteiger partial charge in [0.05, 0.1) is 15.9 Å². The van der Waals surface area contributed by atoms with Gasteiger partial charge in [-0.25, -0.2) is 4.98 Å². The van der Waals surface area contributed by atoms with Crippen molar-refractivity contribution in [2.45, 2.75) is 11.5 Å². The summed E-state index contributed by atoms with van der Waals surface area (Å²) in [7, 11) is -2.49. The summed E-state index contributed by atoms with van der Waals surface area (Å²) in [6.45, 7) is 0.147. The van der Waals surface area contributed by atoms with Crippen molar-refractivity contribution >= 4 is 27.0 Å². The number of rotatable bonds is 5. The third-order valence-electron chi connectivity index (χ3n) is 3.76. The standard InChI is InChI=1S/C16H16N4O4S/c1-20-14-6-5-12(25(21,22)23)8-13(14)19-15(20)9-24-11-4-2-3-10(7-11)16(17)18/h2-8H,9H2,1H3,(H3,17,18)(H,21,22,23). The molecule has 1 aromatic heterocycles. The lowest BCUT2D eigenvalue weighted by Crippen LogP contribution is -2.11. The summed E-state index contributed by atoms with van der Waals surface area (Å²) < 4.78 is 39.1. The summed E-state index contributed by atoms with van der Waals surface area (Å²) in [5.74, 6) is 1.07. The zero-order chi connectivity index (χ0) is 18.2. The van der Waals surface area contributed by atoms with Gasteiger partial charge >= 0.3 is 0 Å². The lowest BCUT2D eigenvalue weighted by molar-refractivity contribution is 0.292. The van der Waals surface area contributed by atoms with Gasteiger partial charge in [0.1, 0.15) is 24.0 Å². The molecule has 0 aliphatic carbocycles. The van der Waals surface area contributed by atoms with Gasteiger partial charge in [-0.2, -0.15) is 8.42 Å². The summed E-state index contributed by atoms with van der Waals surface area (Å²) in [4.78, 5) is 4.15. The molecule has 130 valence electrons. The van der Waals surface area contributed by atoms with Crippen LogP contribution in [0, 0.1) is 5.41 Å². The number of nitrogens with one attached hydrogen (secondary N) is 1. The van der Waals surface area contributed by atoms with E-state index in [2.05, 4.69) is 4.98 Å². The van der Waals surface area contributed by atoms with Crippen molar-refractivity contribution in [1.29, 1.82) is 5.41 Å². The maximum Gasteiger partial charge on any atom is 0.294 e. The van der Waals surface area contributed by atoms with Gasteiger partial charge < -0.3 is 15.0 Å². The highest BCUT2D eigenvalue weighted by Gasteiger charge is 2.14. The average molecular weight is 360 g/mol. The summed E-state index contributed by atoms with van der Waals surface area (Å²) in [5.41, 5.74) is 7.16. The maximum absolute atomic E-state index is 11.2. The minimum Gasteiger partial charge on any atom is -0.486 e. The lowest BCUT2D eigenvalue weighted by atomic mass is 10.2. The second-order valence-corrected chi connectivity index (χ2v) is 6.86. The van der Waals surface area contributed by atoms with E-state index in [9.17, 15) is 8.42 Å². The summed E-state index contributed by atoms with van der Waals surface area (Å²) in [6, 6.07) is 11.0. The van der Waals surface area contributed by atoms with Crippen molar-refractivity contribution in [2.75, 3.05) is 0 Å². The third-order valence-corrected chi connectivity index (χ3v) is 4.61. The molecule has 0 aliphatic rings. The molecular weight excluding hydrogens is 344 g/mol. The van der Waals surface area contributed by atoms with Crippen molar-refractivity contribution in [3.8, 4) is 5.75 Å². The molecule has 8 nitrogen and oxygen atoms in total. The van der Waals surface area contributed by atoms with Gasteiger partial charge in [-0.15, -0.1) is 0 Å². The Morgan fingerprint density at radius 3 is 2.76 bits per heavy atom. The van der Waals surface area contributed by atoms with E-state index < -0.39 is 10.1 Å². The largest absolute Gasteiger partial charge is 0.486 e. The van der Waals surface area contributed by atoms with Crippen molar-refractivity contribution < 1.29 is 17.7 Å². The van der Waals surface area contributed by atoms with E-state index in [-0.39, 0.29) is 17.3 Å². The number of fused-ring (bicyclic) bond motifs is 1. The Bertz CT molecular complexity index is 1070. The second kappa shape index (κ2) is 6.19. The first-order valence-corrected chi connectivity index (χ1v) is 8.70. The monoisotopic (exact) mass is 360 g/mol. The highest BCUT2D eigenvalue weighted by molar-refractivity contribution is 7.85. The van der Waals surface area contributed by atoms with Gasteiger partial charge in [0.25, 0.3) is 10.1 Å². The van der Waals surface area contributed by atoms with Gasteiger partial charge in [-0.1, -0.05) is 12.1 Å². The van der Waals surface area contributed by atoms with E-state index in [0.29, 0.717) is 28.2 Å². The van der Waals surface area contributed by atoms with Crippen LogP contribution in [0.25, 0.3) is 11.0 Å². The number of nitrogen functional groups attached to an aromatic ring is 1. The predicted octanol–water partition coefficient (Wildman–Crippen LogP) is 1.68. The SMILES string of the molecule is Cn1c(COc2cccc(C(=N)N)c2)nc2cc(S(=O)(=O)O)ccc21. The maximum atomic E-state index is 11.2. The van der Waals surface area contributed by atoms with Crippen LogP contribution in [-0.2, 0) is 23.8 Å². The Morgan fingerprint density at radius 1 is 1.32 bits per heavy atom. The lowest BCUT2D eigenvalue weighted by Gasteiger charge is -2.07. The zero-order valence-electron chi connectivity index (χ0n) is 13.3. The van der Waals surface area contributed by atoms with E-state index in [0.717, 1.165) is 0 Å². The highest BCUT2D eigenvalue weighted by Crippen LogP contribution is 2.21. The third kappa shape index (κ3) is 3.47. The molecule has 0 amide bonds. The van der Waals surface area contributed by atoms with Crippen LogP contribution in [-0.4, -0.2) is 28.4 Å². The van der Waals surface area contributed by atoms with Gasteiger partial charge in [0, 0.05) is 12.6 Å². The molecule has 0 saturated carbocycles. The van der Waals surface area contributed by atoms with Crippen LogP contribution < -0.4 is 10.5 Å². The second-order valence-electron chi connectivity index (χ2n) is 5.44. The molecule has 0 saturated heterocycles. The van der Waals surface area contributed by atoms with Crippen LogP contribution in [0.3, 0.4) is 0 Å². The molecule has 2 aromatic carbocycles. The fourth-order valence-corrected chi connectivity index (χ4v) is 2.92. The van der Waals surface area contributed by atoms with E-state index >= 15 is 0 Å². The smallest absolute Gasteiger partial charge is 0.294 e. The fraction of sp³-hybridized carbons (Fsp3) is 0.125. The molecule has 4 N–H and O–H groups in total. The van der Waals surface area contributed by atoms with Crippen molar-refractivity contribution in [3.63, 3.8) is 0 Å². The number of aromatic nitrogens is 2.